The second-order valence-corrected chi connectivity index (χ2v) is 4.85. The quantitative estimate of drug-likeness (QED) is 0.772. The number of aliphatic hydroxyl groups is 1. The number of ether oxygens (including phenoxy) is 3. The Balaban J connectivity index is 0.00000242. The van der Waals surface area contributed by atoms with Crippen LogP contribution < -0.4 is 5.32 Å². The van der Waals surface area contributed by atoms with Crippen molar-refractivity contribution in [3.63, 3.8) is 0 Å². The molecule has 0 spiro atoms. The van der Waals surface area contributed by atoms with E-state index in [0.29, 0.717) is 18.9 Å². The highest BCUT2D eigenvalue weighted by Gasteiger charge is 2.32. The van der Waals surface area contributed by atoms with Crippen molar-refractivity contribution in [2.75, 3.05) is 31.7 Å². The van der Waals surface area contributed by atoms with Gasteiger partial charge in [-0.1, -0.05) is 12.1 Å². The van der Waals surface area contributed by atoms with Gasteiger partial charge in [0, 0.05) is 11.3 Å². The molecule has 1 aromatic carbocycles. The van der Waals surface area contributed by atoms with Crippen molar-refractivity contribution in [3.8, 4) is 0 Å². The first-order chi connectivity index (χ1) is 10.1. The molecule has 0 aromatic heterocycles. The van der Waals surface area contributed by atoms with Crippen molar-refractivity contribution in [2.45, 2.75) is 25.7 Å². The van der Waals surface area contributed by atoms with Gasteiger partial charge < -0.3 is 24.6 Å². The Morgan fingerprint density at radius 1 is 1.36 bits per heavy atom. The van der Waals surface area contributed by atoms with Crippen LogP contribution in [0.25, 0.3) is 0 Å². The summed E-state index contributed by atoms with van der Waals surface area (Å²) in [6, 6.07) is 6.59. The number of hydrogen-bond acceptors (Lipinski definition) is 6. The van der Waals surface area contributed by atoms with Gasteiger partial charge in [0.05, 0.1) is 26.4 Å². The maximum absolute atomic E-state index is 11.6. The summed E-state index contributed by atoms with van der Waals surface area (Å²) in [7, 11) is 0. The van der Waals surface area contributed by atoms with Crippen LogP contribution in [0.5, 0.6) is 0 Å². The zero-order valence-corrected chi connectivity index (χ0v) is 13.5. The Morgan fingerprint density at radius 3 is 2.45 bits per heavy atom. The Morgan fingerprint density at radius 2 is 1.95 bits per heavy atom. The lowest BCUT2D eigenvalue weighted by Gasteiger charge is -2.23. The highest BCUT2D eigenvalue weighted by molar-refractivity contribution is 5.85. The number of carbonyl (C=O) groups is 1. The molecule has 2 rings (SSSR count). The van der Waals surface area contributed by atoms with E-state index in [-0.39, 0.29) is 25.6 Å². The third-order valence-electron chi connectivity index (χ3n) is 3.34. The summed E-state index contributed by atoms with van der Waals surface area (Å²) in [6.07, 6.45) is 0. The zero-order chi connectivity index (χ0) is 15.3. The fourth-order valence-electron chi connectivity index (χ4n) is 2.17. The van der Waals surface area contributed by atoms with Gasteiger partial charge in [0.15, 0.2) is 5.79 Å². The van der Waals surface area contributed by atoms with Crippen LogP contribution >= 0.6 is 12.4 Å². The van der Waals surface area contributed by atoms with E-state index < -0.39 is 17.8 Å². The van der Waals surface area contributed by atoms with Gasteiger partial charge in [-0.2, -0.15) is 0 Å². The van der Waals surface area contributed by atoms with Crippen LogP contribution in [0.3, 0.4) is 0 Å². The van der Waals surface area contributed by atoms with Crippen LogP contribution in [-0.4, -0.2) is 43.5 Å². The van der Waals surface area contributed by atoms with Crippen molar-refractivity contribution < 1.29 is 24.1 Å². The van der Waals surface area contributed by atoms with Crippen molar-refractivity contribution in [3.05, 3.63) is 29.8 Å². The highest BCUT2D eigenvalue weighted by Crippen LogP contribution is 2.31. The van der Waals surface area contributed by atoms with Gasteiger partial charge in [0.2, 0.25) is 0 Å². The molecule has 22 heavy (non-hydrogen) atoms. The lowest BCUT2D eigenvalue weighted by atomic mass is 10.1. The minimum absolute atomic E-state index is 0. The average Bonchev–Trinajstić information content (AvgIpc) is 2.93. The van der Waals surface area contributed by atoms with Crippen molar-refractivity contribution in [1.82, 2.24) is 0 Å². The molecule has 0 aliphatic carbocycles. The Hall–Kier alpha value is -1.34. The summed E-state index contributed by atoms with van der Waals surface area (Å²) in [6.45, 7) is 4.70. The molecule has 1 saturated heterocycles. The van der Waals surface area contributed by atoms with Crippen molar-refractivity contribution in [2.24, 2.45) is 0 Å². The number of hydrogen-bond donors (Lipinski definition) is 2. The summed E-state index contributed by atoms with van der Waals surface area (Å²) in [5.74, 6) is -1.19. The zero-order valence-electron chi connectivity index (χ0n) is 12.7. The molecule has 1 aliphatic heterocycles. The Kier molecular flexibility index (Phi) is 7.09. The van der Waals surface area contributed by atoms with E-state index in [2.05, 4.69) is 5.32 Å². The molecule has 1 fully saturated rings. The van der Waals surface area contributed by atoms with E-state index in [1.165, 1.54) is 0 Å². The van der Waals surface area contributed by atoms with E-state index in [1.807, 2.05) is 31.2 Å². The monoisotopic (exact) mass is 331 g/mol. The molecule has 1 atom stereocenters. The van der Waals surface area contributed by atoms with Gasteiger partial charge in [-0.3, -0.25) is 0 Å². The molecule has 1 aliphatic rings. The molecular weight excluding hydrogens is 310 g/mol. The average molecular weight is 332 g/mol. The maximum atomic E-state index is 11.6. The number of halogens is 1. The fraction of sp³-hybridized carbons (Fsp3) is 0.533. The first-order valence-corrected chi connectivity index (χ1v) is 7.01. The summed E-state index contributed by atoms with van der Waals surface area (Å²) < 4.78 is 16.1. The molecule has 2 N–H and O–H groups in total. The first-order valence-electron chi connectivity index (χ1n) is 7.01. The molecule has 0 bridgehead atoms. The van der Waals surface area contributed by atoms with Crippen molar-refractivity contribution >= 4 is 24.1 Å². The molecule has 0 radical (unpaired) electrons. The van der Waals surface area contributed by atoms with Gasteiger partial charge in [0.25, 0.3) is 0 Å². The number of anilines is 1. The molecular formula is C15H22ClNO5. The standard InChI is InChI=1S/C15H21NO5.ClH/c1-3-19-14(18)13(10-17)16-12-6-4-11(5-7-12)15(2)20-8-9-21-15;/h4-7,13,16-17H,3,8-10H2,1-2H3;1H/t13-;/m0./s1. The normalized spacial score (nSPS) is 17.4. The largest absolute Gasteiger partial charge is 0.464 e. The third kappa shape index (κ3) is 4.33. The molecule has 0 unspecified atom stereocenters. The number of esters is 1. The number of nitrogens with one attached hydrogen (secondary N) is 1. The van der Waals surface area contributed by atoms with E-state index >= 15 is 0 Å². The van der Waals surface area contributed by atoms with E-state index in [0.717, 1.165) is 5.56 Å². The van der Waals surface area contributed by atoms with Crippen LogP contribution in [0.15, 0.2) is 24.3 Å². The predicted molar refractivity (Wildman–Crippen MR) is 84.1 cm³/mol. The number of carbonyl (C=O) groups excluding carboxylic acids is 1. The molecule has 0 saturated carbocycles. The summed E-state index contributed by atoms with van der Waals surface area (Å²) in [5, 5.41) is 12.2. The number of aliphatic hydroxyl groups excluding tert-OH is 1. The van der Waals surface area contributed by atoms with Crippen LogP contribution in [-0.2, 0) is 24.8 Å². The van der Waals surface area contributed by atoms with Crippen LogP contribution in [0, 0.1) is 0 Å². The summed E-state index contributed by atoms with van der Waals surface area (Å²) in [5.41, 5.74) is 1.62. The minimum Gasteiger partial charge on any atom is -0.464 e. The molecule has 1 heterocycles. The number of rotatable bonds is 6. The summed E-state index contributed by atoms with van der Waals surface area (Å²) in [4.78, 5) is 11.6. The van der Waals surface area contributed by atoms with Gasteiger partial charge in [0.1, 0.15) is 6.04 Å². The molecule has 0 amide bonds. The lowest BCUT2D eigenvalue weighted by Crippen LogP contribution is -2.34. The Bertz CT molecular complexity index is 473. The van der Waals surface area contributed by atoms with Gasteiger partial charge in [-0.15, -0.1) is 12.4 Å². The summed E-state index contributed by atoms with van der Waals surface area (Å²) >= 11 is 0. The van der Waals surface area contributed by atoms with E-state index in [9.17, 15) is 9.90 Å². The van der Waals surface area contributed by atoms with Crippen LogP contribution in [0.4, 0.5) is 5.69 Å². The third-order valence-corrected chi connectivity index (χ3v) is 3.34. The van der Waals surface area contributed by atoms with Gasteiger partial charge >= 0.3 is 5.97 Å². The highest BCUT2D eigenvalue weighted by atomic mass is 35.5. The van der Waals surface area contributed by atoms with Crippen LogP contribution in [0.2, 0.25) is 0 Å². The van der Waals surface area contributed by atoms with Gasteiger partial charge in [-0.05, 0) is 26.0 Å². The number of benzene rings is 1. The van der Waals surface area contributed by atoms with Crippen LogP contribution in [0.1, 0.15) is 19.4 Å². The first kappa shape index (κ1) is 18.7. The van der Waals surface area contributed by atoms with E-state index in [1.54, 1.807) is 6.92 Å². The smallest absolute Gasteiger partial charge is 0.330 e. The maximum Gasteiger partial charge on any atom is 0.330 e. The lowest BCUT2D eigenvalue weighted by molar-refractivity contribution is -0.149. The molecule has 7 heteroatoms. The fourth-order valence-corrected chi connectivity index (χ4v) is 2.17. The second kappa shape index (κ2) is 8.33. The van der Waals surface area contributed by atoms with Crippen molar-refractivity contribution in [1.29, 1.82) is 0 Å². The van der Waals surface area contributed by atoms with E-state index in [4.69, 9.17) is 14.2 Å². The Labute approximate surface area is 136 Å². The topological polar surface area (TPSA) is 77.0 Å². The minimum atomic E-state index is -0.773. The predicted octanol–water partition coefficient (Wildman–Crippen LogP) is 1.66. The van der Waals surface area contributed by atoms with Gasteiger partial charge in [-0.25, -0.2) is 4.79 Å². The second-order valence-electron chi connectivity index (χ2n) is 4.85. The molecule has 6 nitrogen and oxygen atoms in total. The molecule has 1 aromatic rings. The SMILES string of the molecule is CCOC(=O)[C@H](CO)Nc1ccc(C2(C)OCCO2)cc1.Cl. The molecule has 124 valence electrons.